The average molecular weight is 282 g/mol. The molecule has 2 nitrogen and oxygen atoms in total. The molecule has 1 rings (SSSR count). The molecule has 12 heavy (non-hydrogen) atoms. The quantitative estimate of drug-likeness (QED) is 0.441. The van der Waals surface area contributed by atoms with Crippen LogP contribution in [0.25, 0.3) is 0 Å². The standard InChI is InChI=1S/C9H15IO2/c1-6(2)8-7(5-10)3-4-12-9(8)11/h6-8H,3-5H2,1-2H3/t7-,8-/m0/s1. The molecule has 0 radical (unpaired) electrons. The highest BCUT2D eigenvalue weighted by molar-refractivity contribution is 14.1. The first kappa shape index (κ1) is 10.3. The Morgan fingerprint density at radius 2 is 2.33 bits per heavy atom. The zero-order valence-corrected chi connectivity index (χ0v) is 9.71. The summed E-state index contributed by atoms with van der Waals surface area (Å²) >= 11 is 2.36. The van der Waals surface area contributed by atoms with Crippen LogP contribution in [0.2, 0.25) is 0 Å². The number of carbonyl (C=O) groups excluding carboxylic acids is 1. The highest BCUT2D eigenvalue weighted by atomic mass is 127. The van der Waals surface area contributed by atoms with Gasteiger partial charge in [0.25, 0.3) is 0 Å². The molecule has 1 heterocycles. The summed E-state index contributed by atoms with van der Waals surface area (Å²) < 4.78 is 6.11. The molecule has 70 valence electrons. The maximum atomic E-state index is 11.4. The monoisotopic (exact) mass is 282 g/mol. The van der Waals surface area contributed by atoms with Crippen molar-refractivity contribution in [1.82, 2.24) is 0 Å². The summed E-state index contributed by atoms with van der Waals surface area (Å²) in [6.07, 6.45) is 1.04. The third-order valence-corrected chi connectivity index (χ3v) is 3.56. The Labute approximate surface area is 87.2 Å². The van der Waals surface area contributed by atoms with E-state index >= 15 is 0 Å². The van der Waals surface area contributed by atoms with Gasteiger partial charge in [0.2, 0.25) is 0 Å². The molecule has 0 saturated carbocycles. The van der Waals surface area contributed by atoms with E-state index in [1.54, 1.807) is 0 Å². The first-order valence-corrected chi connectivity index (χ1v) is 5.92. The van der Waals surface area contributed by atoms with Crippen LogP contribution in [-0.4, -0.2) is 17.0 Å². The van der Waals surface area contributed by atoms with E-state index < -0.39 is 0 Å². The van der Waals surface area contributed by atoms with Gasteiger partial charge in [-0.25, -0.2) is 0 Å². The number of carbonyl (C=O) groups is 1. The zero-order valence-electron chi connectivity index (χ0n) is 7.55. The lowest BCUT2D eigenvalue weighted by molar-refractivity contribution is -0.158. The molecule has 0 N–H and O–H groups in total. The number of rotatable bonds is 2. The molecule has 1 saturated heterocycles. The Hall–Kier alpha value is 0.200. The largest absolute Gasteiger partial charge is 0.465 e. The lowest BCUT2D eigenvalue weighted by Crippen LogP contribution is -2.36. The van der Waals surface area contributed by atoms with E-state index in [4.69, 9.17) is 4.74 Å². The van der Waals surface area contributed by atoms with Crippen molar-refractivity contribution in [3.8, 4) is 0 Å². The average Bonchev–Trinajstić information content (AvgIpc) is 2.03. The summed E-state index contributed by atoms with van der Waals surface area (Å²) in [5, 5.41) is 0. The second-order valence-electron chi connectivity index (χ2n) is 3.64. The lowest BCUT2D eigenvalue weighted by Gasteiger charge is -2.31. The van der Waals surface area contributed by atoms with Crippen LogP contribution in [0.5, 0.6) is 0 Å². The van der Waals surface area contributed by atoms with Gasteiger partial charge in [-0.1, -0.05) is 36.4 Å². The molecular formula is C9H15IO2. The van der Waals surface area contributed by atoms with Gasteiger partial charge in [-0.3, -0.25) is 4.79 Å². The fourth-order valence-corrected chi connectivity index (χ4v) is 2.76. The molecule has 0 amide bonds. The van der Waals surface area contributed by atoms with Crippen molar-refractivity contribution in [2.45, 2.75) is 20.3 Å². The Bertz CT molecular complexity index is 168. The zero-order chi connectivity index (χ0) is 9.14. The fraction of sp³-hybridized carbons (Fsp3) is 0.889. The SMILES string of the molecule is CC(C)[C@@H]1C(=O)OCC[C@H]1CI. The summed E-state index contributed by atoms with van der Waals surface area (Å²) in [5.74, 6) is 1.10. The van der Waals surface area contributed by atoms with Crippen molar-refractivity contribution in [3.63, 3.8) is 0 Å². The van der Waals surface area contributed by atoms with E-state index in [1.807, 2.05) is 0 Å². The van der Waals surface area contributed by atoms with Crippen molar-refractivity contribution < 1.29 is 9.53 Å². The molecule has 0 unspecified atom stereocenters. The Kier molecular flexibility index (Phi) is 3.80. The van der Waals surface area contributed by atoms with Crippen molar-refractivity contribution in [2.75, 3.05) is 11.0 Å². The maximum absolute atomic E-state index is 11.4. The summed E-state index contributed by atoms with van der Waals surface area (Å²) in [6, 6.07) is 0. The van der Waals surface area contributed by atoms with E-state index in [-0.39, 0.29) is 11.9 Å². The van der Waals surface area contributed by atoms with Crippen LogP contribution in [-0.2, 0) is 9.53 Å². The number of hydrogen-bond acceptors (Lipinski definition) is 2. The lowest BCUT2D eigenvalue weighted by atomic mass is 9.81. The highest BCUT2D eigenvalue weighted by Crippen LogP contribution is 2.30. The van der Waals surface area contributed by atoms with E-state index in [2.05, 4.69) is 36.4 Å². The number of hydrogen-bond donors (Lipinski definition) is 0. The maximum Gasteiger partial charge on any atom is 0.309 e. The molecule has 1 aliphatic heterocycles. The molecule has 0 aromatic heterocycles. The first-order chi connectivity index (χ1) is 5.66. The van der Waals surface area contributed by atoms with Crippen LogP contribution in [0.1, 0.15) is 20.3 Å². The predicted molar refractivity (Wildman–Crippen MR) is 56.3 cm³/mol. The summed E-state index contributed by atoms with van der Waals surface area (Å²) in [5.41, 5.74) is 0. The fourth-order valence-electron chi connectivity index (χ4n) is 1.77. The summed E-state index contributed by atoms with van der Waals surface area (Å²) in [7, 11) is 0. The van der Waals surface area contributed by atoms with E-state index in [0.717, 1.165) is 10.8 Å². The third-order valence-electron chi connectivity index (χ3n) is 2.43. The van der Waals surface area contributed by atoms with Crippen molar-refractivity contribution in [1.29, 1.82) is 0 Å². The van der Waals surface area contributed by atoms with Crippen molar-refractivity contribution in [3.05, 3.63) is 0 Å². The number of esters is 1. The van der Waals surface area contributed by atoms with Crippen LogP contribution in [0.15, 0.2) is 0 Å². The minimum atomic E-state index is 0.0120. The first-order valence-electron chi connectivity index (χ1n) is 4.39. The molecule has 0 aromatic rings. The number of alkyl halides is 1. The Morgan fingerprint density at radius 3 is 2.75 bits per heavy atom. The minimum Gasteiger partial charge on any atom is -0.465 e. The smallest absolute Gasteiger partial charge is 0.309 e. The molecule has 0 spiro atoms. The molecule has 1 aliphatic rings. The Balaban J connectivity index is 2.66. The normalized spacial score (nSPS) is 30.5. The molecule has 3 heteroatoms. The summed E-state index contributed by atoms with van der Waals surface area (Å²) in [4.78, 5) is 11.4. The van der Waals surface area contributed by atoms with Crippen LogP contribution in [0, 0.1) is 17.8 Å². The Morgan fingerprint density at radius 1 is 1.67 bits per heavy atom. The second-order valence-corrected chi connectivity index (χ2v) is 4.52. The summed E-state index contributed by atoms with van der Waals surface area (Å²) in [6.45, 7) is 4.81. The minimum absolute atomic E-state index is 0.0120. The van der Waals surface area contributed by atoms with Gasteiger partial charge >= 0.3 is 5.97 Å². The molecular weight excluding hydrogens is 267 g/mol. The van der Waals surface area contributed by atoms with Crippen LogP contribution < -0.4 is 0 Å². The predicted octanol–water partition coefficient (Wildman–Crippen LogP) is 2.26. The molecule has 0 aliphatic carbocycles. The van der Waals surface area contributed by atoms with Crippen LogP contribution >= 0.6 is 22.6 Å². The van der Waals surface area contributed by atoms with Gasteiger partial charge in [-0.05, 0) is 18.3 Å². The molecule has 1 fully saturated rings. The van der Waals surface area contributed by atoms with Gasteiger partial charge in [0.15, 0.2) is 0 Å². The van der Waals surface area contributed by atoms with Gasteiger partial charge in [-0.15, -0.1) is 0 Å². The third kappa shape index (κ3) is 2.12. The number of halogens is 1. The molecule has 2 atom stereocenters. The van der Waals surface area contributed by atoms with E-state index in [1.165, 1.54) is 0 Å². The van der Waals surface area contributed by atoms with Gasteiger partial charge in [0, 0.05) is 4.43 Å². The highest BCUT2D eigenvalue weighted by Gasteiger charge is 2.34. The molecule has 0 bridgehead atoms. The van der Waals surface area contributed by atoms with Crippen molar-refractivity contribution >= 4 is 28.6 Å². The second kappa shape index (κ2) is 4.44. The topological polar surface area (TPSA) is 26.3 Å². The van der Waals surface area contributed by atoms with E-state index in [9.17, 15) is 4.79 Å². The van der Waals surface area contributed by atoms with Crippen LogP contribution in [0.3, 0.4) is 0 Å². The van der Waals surface area contributed by atoms with E-state index in [0.29, 0.717) is 18.4 Å². The molecule has 0 aromatic carbocycles. The van der Waals surface area contributed by atoms with Gasteiger partial charge in [0.1, 0.15) is 0 Å². The van der Waals surface area contributed by atoms with Gasteiger partial charge in [0.05, 0.1) is 12.5 Å². The number of cyclic esters (lactones) is 1. The van der Waals surface area contributed by atoms with Crippen molar-refractivity contribution in [2.24, 2.45) is 17.8 Å². The van der Waals surface area contributed by atoms with Gasteiger partial charge < -0.3 is 4.74 Å². The number of ether oxygens (including phenoxy) is 1. The van der Waals surface area contributed by atoms with Gasteiger partial charge in [-0.2, -0.15) is 0 Å². The van der Waals surface area contributed by atoms with Crippen LogP contribution in [0.4, 0.5) is 0 Å².